The molecule has 2 amide bonds. The molecule has 0 radical (unpaired) electrons. The van der Waals surface area contributed by atoms with Gasteiger partial charge in [0.25, 0.3) is 0 Å². The van der Waals surface area contributed by atoms with E-state index in [1.54, 1.807) is 35.6 Å². The van der Waals surface area contributed by atoms with Gasteiger partial charge in [-0.1, -0.05) is 23.2 Å². The van der Waals surface area contributed by atoms with Crippen LogP contribution in [0.5, 0.6) is 0 Å². The van der Waals surface area contributed by atoms with Crippen LogP contribution in [0.15, 0.2) is 36.4 Å². The molecule has 4 rings (SSSR count). The van der Waals surface area contributed by atoms with Crippen molar-refractivity contribution in [2.45, 2.75) is 31.2 Å². The van der Waals surface area contributed by atoms with Gasteiger partial charge in [-0.2, -0.15) is 0 Å². The van der Waals surface area contributed by atoms with E-state index in [4.69, 9.17) is 27.9 Å². The van der Waals surface area contributed by atoms with Crippen LogP contribution in [0.1, 0.15) is 30.1 Å². The molecule has 2 aliphatic heterocycles. The molecule has 162 valence electrons. The van der Waals surface area contributed by atoms with Crippen LogP contribution >= 0.6 is 34.5 Å². The number of ether oxygens (including phenoxy) is 1. The van der Waals surface area contributed by atoms with Crippen LogP contribution in [0.2, 0.25) is 9.36 Å². The van der Waals surface area contributed by atoms with E-state index >= 15 is 0 Å². The summed E-state index contributed by atoms with van der Waals surface area (Å²) in [6.45, 7) is 4.76. The highest BCUT2D eigenvalue weighted by molar-refractivity contribution is 7.16. The fourth-order valence-corrected chi connectivity index (χ4v) is 5.68. The summed E-state index contributed by atoms with van der Waals surface area (Å²) in [5, 5.41) is 6.76. The Morgan fingerprint density at radius 3 is 2.57 bits per heavy atom. The molecule has 2 saturated heterocycles. The van der Waals surface area contributed by atoms with Crippen molar-refractivity contribution in [3.05, 3.63) is 50.6 Å². The first kappa shape index (κ1) is 21.9. The maximum absolute atomic E-state index is 12.6. The molecule has 2 atom stereocenters. The molecule has 2 unspecified atom stereocenters. The number of amides is 2. The Balaban J connectivity index is 1.40. The fraction of sp³-hybridized carbons (Fsp3) is 0.500. The summed E-state index contributed by atoms with van der Waals surface area (Å²) in [6.07, 6.45) is 3.19. The van der Waals surface area contributed by atoms with Crippen molar-refractivity contribution in [1.82, 2.24) is 10.2 Å². The second kappa shape index (κ2) is 10.3. The highest BCUT2D eigenvalue weighted by Crippen LogP contribution is 2.35. The lowest BCUT2D eigenvalue weighted by Crippen LogP contribution is -2.51. The fourth-order valence-electron chi connectivity index (χ4n) is 4.34. The summed E-state index contributed by atoms with van der Waals surface area (Å²) >= 11 is 13.8. The quantitative estimate of drug-likeness (QED) is 0.613. The zero-order chi connectivity index (χ0) is 20.9. The average Bonchev–Trinajstić information content (AvgIpc) is 3.18. The van der Waals surface area contributed by atoms with Crippen molar-refractivity contribution in [2.24, 2.45) is 5.92 Å². The largest absolute Gasteiger partial charge is 0.381 e. The zero-order valence-electron chi connectivity index (χ0n) is 16.8. The zero-order valence-corrected chi connectivity index (χ0v) is 19.1. The highest BCUT2D eigenvalue weighted by Gasteiger charge is 2.33. The number of rotatable bonds is 5. The number of hydrogen-bond donors (Lipinski definition) is 2. The predicted octanol–water partition coefficient (Wildman–Crippen LogP) is 5.46. The lowest BCUT2D eigenvalue weighted by molar-refractivity contribution is 0.0464. The van der Waals surface area contributed by atoms with Crippen molar-refractivity contribution in [3.63, 3.8) is 0 Å². The number of anilines is 1. The molecule has 0 saturated carbocycles. The van der Waals surface area contributed by atoms with E-state index in [2.05, 4.69) is 21.6 Å². The minimum absolute atomic E-state index is 0.0676. The molecule has 2 N–H and O–H groups in total. The van der Waals surface area contributed by atoms with Gasteiger partial charge >= 0.3 is 6.03 Å². The van der Waals surface area contributed by atoms with Gasteiger partial charge in [0.15, 0.2) is 0 Å². The van der Waals surface area contributed by atoms with Crippen molar-refractivity contribution < 1.29 is 9.53 Å². The number of nitrogens with one attached hydrogen (secondary N) is 2. The van der Waals surface area contributed by atoms with Crippen molar-refractivity contribution in [2.75, 3.05) is 38.2 Å². The van der Waals surface area contributed by atoms with E-state index in [0.29, 0.717) is 10.9 Å². The number of carbonyl (C=O) groups excluding carboxylic acids is 1. The summed E-state index contributed by atoms with van der Waals surface area (Å²) in [7, 11) is 0. The second-order valence-corrected chi connectivity index (χ2v) is 10.2. The number of urea groups is 1. The third-order valence-corrected chi connectivity index (χ3v) is 7.55. The van der Waals surface area contributed by atoms with Crippen molar-refractivity contribution >= 4 is 46.3 Å². The summed E-state index contributed by atoms with van der Waals surface area (Å²) in [6, 6.07) is 11.1. The summed E-state index contributed by atoms with van der Waals surface area (Å²) in [5.74, 6) is 0.927. The lowest BCUT2D eigenvalue weighted by atomic mass is 9.89. The smallest absolute Gasteiger partial charge is 0.319 e. The number of carbonyl (C=O) groups is 1. The summed E-state index contributed by atoms with van der Waals surface area (Å²) in [4.78, 5) is 16.4. The van der Waals surface area contributed by atoms with Crippen LogP contribution in [-0.4, -0.2) is 49.8 Å². The highest BCUT2D eigenvalue weighted by atomic mass is 35.5. The minimum Gasteiger partial charge on any atom is -0.381 e. The molecule has 0 aliphatic carbocycles. The first-order chi connectivity index (χ1) is 14.6. The molecular weight excluding hydrogens is 441 g/mol. The summed E-state index contributed by atoms with van der Waals surface area (Å²) in [5.41, 5.74) is 0.726. The number of halogens is 2. The Kier molecular flexibility index (Phi) is 7.55. The Bertz CT molecular complexity index is 839. The van der Waals surface area contributed by atoms with E-state index in [-0.39, 0.29) is 18.0 Å². The molecule has 0 spiro atoms. The molecule has 1 aromatic carbocycles. The number of nitrogens with zero attached hydrogens (tertiary/aromatic N) is 1. The Labute approximate surface area is 191 Å². The van der Waals surface area contributed by atoms with Gasteiger partial charge < -0.3 is 20.3 Å². The molecular formula is C22H27Cl2N3O2S. The molecule has 3 heterocycles. The van der Waals surface area contributed by atoms with Gasteiger partial charge in [-0.3, -0.25) is 0 Å². The van der Waals surface area contributed by atoms with Crippen LogP contribution in [-0.2, 0) is 4.74 Å². The van der Waals surface area contributed by atoms with E-state index in [1.807, 2.05) is 6.07 Å². The van der Waals surface area contributed by atoms with Crippen molar-refractivity contribution in [1.29, 1.82) is 0 Å². The van der Waals surface area contributed by atoms with Gasteiger partial charge in [0, 0.05) is 60.4 Å². The van der Waals surface area contributed by atoms with Gasteiger partial charge in [0.2, 0.25) is 0 Å². The van der Waals surface area contributed by atoms with E-state index in [0.717, 1.165) is 62.1 Å². The van der Waals surface area contributed by atoms with Crippen LogP contribution < -0.4 is 10.6 Å². The van der Waals surface area contributed by atoms with Gasteiger partial charge in [-0.05, 0) is 61.6 Å². The topological polar surface area (TPSA) is 53.6 Å². The molecule has 5 nitrogen and oxygen atoms in total. The third kappa shape index (κ3) is 5.89. The molecule has 0 bridgehead atoms. The van der Waals surface area contributed by atoms with Crippen molar-refractivity contribution in [3.8, 4) is 0 Å². The van der Waals surface area contributed by atoms with Crippen LogP contribution in [0.4, 0.5) is 10.5 Å². The van der Waals surface area contributed by atoms with Crippen LogP contribution in [0.3, 0.4) is 0 Å². The lowest BCUT2D eigenvalue weighted by Gasteiger charge is -2.40. The number of hydrogen-bond acceptors (Lipinski definition) is 4. The Morgan fingerprint density at radius 1 is 1.10 bits per heavy atom. The van der Waals surface area contributed by atoms with E-state index in [9.17, 15) is 4.79 Å². The molecule has 1 aromatic heterocycles. The number of thiophene rings is 1. The van der Waals surface area contributed by atoms with Crippen LogP contribution in [0.25, 0.3) is 0 Å². The normalized spacial score (nSPS) is 23.3. The number of piperidine rings is 1. The van der Waals surface area contributed by atoms with E-state index in [1.165, 1.54) is 4.88 Å². The SMILES string of the molecule is O=C(Nc1ccc(Cl)cc1)NC1CCN(CC2CCOCC2)CC1c1ccc(Cl)s1. The molecule has 2 aromatic rings. The maximum atomic E-state index is 12.6. The maximum Gasteiger partial charge on any atom is 0.319 e. The van der Waals surface area contributed by atoms with Crippen LogP contribution in [0, 0.1) is 5.92 Å². The second-order valence-electron chi connectivity index (χ2n) is 8.06. The Hall–Kier alpha value is -1.31. The number of benzene rings is 1. The van der Waals surface area contributed by atoms with Gasteiger partial charge in [-0.25, -0.2) is 4.79 Å². The van der Waals surface area contributed by atoms with Gasteiger partial charge in [0.05, 0.1) is 4.34 Å². The predicted molar refractivity (Wildman–Crippen MR) is 124 cm³/mol. The third-order valence-electron chi connectivity index (χ3n) is 5.93. The molecule has 8 heteroatoms. The molecule has 2 fully saturated rings. The Morgan fingerprint density at radius 2 is 1.87 bits per heavy atom. The standard InChI is InChI=1S/C22H27Cl2N3O2S/c23-16-1-3-17(4-2-16)25-22(28)26-19-7-10-27(13-15-8-11-29-12-9-15)14-18(19)20-5-6-21(24)30-20/h1-6,15,18-19H,7-14H2,(H2,25,26,28). The first-order valence-corrected chi connectivity index (χ1v) is 12.0. The molecule has 2 aliphatic rings. The number of likely N-dealkylation sites (tertiary alicyclic amines) is 1. The first-order valence-electron chi connectivity index (χ1n) is 10.5. The van der Waals surface area contributed by atoms with E-state index < -0.39 is 0 Å². The monoisotopic (exact) mass is 467 g/mol. The van der Waals surface area contributed by atoms with Gasteiger partial charge in [0.1, 0.15) is 0 Å². The molecule has 30 heavy (non-hydrogen) atoms. The van der Waals surface area contributed by atoms with Gasteiger partial charge in [-0.15, -0.1) is 11.3 Å². The average molecular weight is 468 g/mol. The minimum atomic E-state index is -0.187. The summed E-state index contributed by atoms with van der Waals surface area (Å²) < 4.78 is 6.29.